The number of para-hydroxylation sites is 1. The first-order valence-corrected chi connectivity index (χ1v) is 16.1. The number of ether oxygens (including phenoxy) is 2. The molecule has 2 aliphatic carbocycles. The third kappa shape index (κ3) is 4.00. The molecule has 0 spiro atoms. The van der Waals surface area contributed by atoms with Crippen molar-refractivity contribution in [1.29, 1.82) is 0 Å². The van der Waals surface area contributed by atoms with E-state index in [0.717, 1.165) is 21.9 Å². The first kappa shape index (κ1) is 26.2. The lowest BCUT2D eigenvalue weighted by Gasteiger charge is -2.43. The van der Waals surface area contributed by atoms with Crippen LogP contribution in [-0.2, 0) is 19.1 Å². The lowest BCUT2D eigenvalue weighted by molar-refractivity contribution is -0.137. The number of H-pyrrole nitrogens is 1. The van der Waals surface area contributed by atoms with Crippen LogP contribution in [0.5, 0.6) is 5.75 Å². The molecule has 9 nitrogen and oxygen atoms in total. The number of hydrogen-bond donors (Lipinski definition) is 1. The molecule has 5 aliphatic rings. The van der Waals surface area contributed by atoms with Crippen LogP contribution < -0.4 is 14.5 Å². The standard InChI is InChI=1S/C31H29N3O6S2/c35-21(33-10-12-39-13-11-33)15-40-18-8-6-16(7-9-18)22-23-19-14-20(26(23)41-28-27(22)42-31(38)32-28)25-24(19)29(36)34(30(25)37)17-4-2-1-3-5-17/h1-9,19-20,22-26H,10-15H2,(H,32,38)/t19?,20?,22-,23?,24?,25?,26?/m1/s1. The molecule has 2 saturated carbocycles. The minimum atomic E-state index is -0.335. The van der Waals surface area contributed by atoms with E-state index in [1.807, 2.05) is 54.6 Å². The van der Waals surface area contributed by atoms with Gasteiger partial charge in [-0.3, -0.25) is 24.1 Å². The lowest BCUT2D eigenvalue weighted by Crippen LogP contribution is -2.43. The van der Waals surface area contributed by atoms with Crippen LogP contribution in [0.2, 0.25) is 0 Å². The van der Waals surface area contributed by atoms with Gasteiger partial charge in [-0.2, -0.15) is 0 Å². The van der Waals surface area contributed by atoms with Crippen molar-refractivity contribution >= 4 is 46.5 Å². The number of anilines is 1. The highest BCUT2D eigenvalue weighted by atomic mass is 32.2. The van der Waals surface area contributed by atoms with Gasteiger partial charge < -0.3 is 19.4 Å². The fraction of sp³-hybridized carbons (Fsp3) is 0.419. The molecule has 2 aromatic carbocycles. The maximum absolute atomic E-state index is 13.8. The molecular weight excluding hydrogens is 574 g/mol. The van der Waals surface area contributed by atoms with Gasteiger partial charge in [0.25, 0.3) is 5.91 Å². The molecule has 2 saturated heterocycles. The van der Waals surface area contributed by atoms with Crippen LogP contribution in [0.15, 0.2) is 64.4 Å². The highest BCUT2D eigenvalue weighted by Crippen LogP contribution is 2.68. The smallest absolute Gasteiger partial charge is 0.305 e. The topological polar surface area (TPSA) is 109 Å². The summed E-state index contributed by atoms with van der Waals surface area (Å²) in [5.41, 5.74) is 1.69. The number of carbonyl (C=O) groups excluding carboxylic acids is 3. The Morgan fingerprint density at radius 3 is 2.40 bits per heavy atom. The quantitative estimate of drug-likeness (QED) is 0.446. The van der Waals surface area contributed by atoms with Gasteiger partial charge in [-0.15, -0.1) is 11.8 Å². The zero-order valence-electron chi connectivity index (χ0n) is 22.6. The molecule has 216 valence electrons. The van der Waals surface area contributed by atoms with E-state index in [0.29, 0.717) is 37.7 Å². The minimum absolute atomic E-state index is 0.0332. The summed E-state index contributed by atoms with van der Waals surface area (Å²) in [6.07, 6.45) is 0.846. The number of thioether (sulfide) groups is 1. The third-order valence-electron chi connectivity index (χ3n) is 9.70. The van der Waals surface area contributed by atoms with Gasteiger partial charge in [0.1, 0.15) is 5.75 Å². The van der Waals surface area contributed by atoms with Crippen molar-refractivity contribution < 1.29 is 23.9 Å². The summed E-state index contributed by atoms with van der Waals surface area (Å²) in [6.45, 7) is 2.21. The number of morpholine rings is 1. The summed E-state index contributed by atoms with van der Waals surface area (Å²) in [5.74, 6) is -0.0911. The number of nitrogens with one attached hydrogen (secondary N) is 1. The van der Waals surface area contributed by atoms with Gasteiger partial charge in [0, 0.05) is 29.1 Å². The van der Waals surface area contributed by atoms with E-state index in [1.165, 1.54) is 16.2 Å². The van der Waals surface area contributed by atoms with Gasteiger partial charge >= 0.3 is 4.87 Å². The number of thiazole rings is 1. The Morgan fingerprint density at radius 2 is 1.67 bits per heavy atom. The molecule has 0 radical (unpaired) electrons. The second-order valence-electron chi connectivity index (χ2n) is 11.7. The summed E-state index contributed by atoms with van der Waals surface area (Å²) in [4.78, 5) is 59.7. The first-order chi connectivity index (χ1) is 20.5. The van der Waals surface area contributed by atoms with Crippen molar-refractivity contribution in [2.24, 2.45) is 29.6 Å². The summed E-state index contributed by atoms with van der Waals surface area (Å²) in [7, 11) is 0. The van der Waals surface area contributed by atoms with Gasteiger partial charge in [0.15, 0.2) is 6.61 Å². The Bertz CT molecular complexity index is 1620. The number of nitrogens with zero attached hydrogens (tertiary/aromatic N) is 2. The van der Waals surface area contributed by atoms with Crippen molar-refractivity contribution in [3.05, 3.63) is 74.7 Å². The molecule has 2 bridgehead atoms. The van der Waals surface area contributed by atoms with Crippen LogP contribution in [0.1, 0.15) is 22.8 Å². The number of hydrogen-bond acceptors (Lipinski definition) is 8. The van der Waals surface area contributed by atoms with Gasteiger partial charge in [0.2, 0.25) is 11.8 Å². The number of amides is 3. The predicted molar refractivity (Wildman–Crippen MR) is 157 cm³/mol. The first-order valence-electron chi connectivity index (χ1n) is 14.4. The SMILES string of the molecule is O=C(COc1ccc([C@H]2c3sc(=O)[nH]c3SC3C4CC(C5C(=O)N(c6ccccc6)C(=O)C45)C32)cc1)N1CCOCC1. The molecule has 42 heavy (non-hydrogen) atoms. The Balaban J connectivity index is 1.08. The molecule has 4 fully saturated rings. The van der Waals surface area contributed by atoms with Gasteiger partial charge in [0.05, 0.1) is 35.8 Å². The van der Waals surface area contributed by atoms with Crippen LogP contribution in [0.3, 0.4) is 0 Å². The van der Waals surface area contributed by atoms with E-state index in [9.17, 15) is 19.2 Å². The maximum Gasteiger partial charge on any atom is 0.305 e. The number of carbonyl (C=O) groups is 3. The average molecular weight is 604 g/mol. The second kappa shape index (κ2) is 10.1. The van der Waals surface area contributed by atoms with Crippen molar-refractivity contribution in [3.63, 3.8) is 0 Å². The zero-order chi connectivity index (χ0) is 28.5. The lowest BCUT2D eigenvalue weighted by atomic mass is 9.68. The minimum Gasteiger partial charge on any atom is -0.484 e. The van der Waals surface area contributed by atoms with Crippen LogP contribution >= 0.6 is 23.1 Å². The Kier molecular flexibility index (Phi) is 6.31. The molecule has 6 unspecified atom stereocenters. The van der Waals surface area contributed by atoms with Gasteiger partial charge in [-0.1, -0.05) is 41.7 Å². The Morgan fingerprint density at radius 1 is 0.952 bits per heavy atom. The number of fused-ring (bicyclic) bond motifs is 9. The van der Waals surface area contributed by atoms with Crippen LogP contribution in [0, 0.1) is 29.6 Å². The van der Waals surface area contributed by atoms with Crippen molar-refractivity contribution in [1.82, 2.24) is 9.88 Å². The molecule has 4 heterocycles. The average Bonchev–Trinajstić information content (AvgIpc) is 3.76. The third-order valence-corrected chi connectivity index (χ3v) is 12.3. The highest BCUT2D eigenvalue weighted by molar-refractivity contribution is 8.00. The Labute approximate surface area is 250 Å². The van der Waals surface area contributed by atoms with Gasteiger partial charge in [-0.25, -0.2) is 0 Å². The molecular formula is C31H29N3O6S2. The number of rotatable bonds is 5. The maximum atomic E-state index is 13.8. The van der Waals surface area contributed by atoms with Crippen LogP contribution in [-0.4, -0.2) is 65.8 Å². The normalized spacial score (nSPS) is 31.2. The van der Waals surface area contributed by atoms with E-state index in [1.54, 1.807) is 16.7 Å². The largest absolute Gasteiger partial charge is 0.484 e. The van der Waals surface area contributed by atoms with Crippen LogP contribution in [0.4, 0.5) is 5.69 Å². The number of imide groups is 1. The monoisotopic (exact) mass is 603 g/mol. The molecule has 3 aromatic rings. The molecule has 11 heteroatoms. The molecule has 7 atom stereocenters. The number of aromatic amines is 1. The van der Waals surface area contributed by atoms with Crippen molar-refractivity contribution in [2.75, 3.05) is 37.8 Å². The van der Waals surface area contributed by atoms with E-state index >= 15 is 0 Å². The molecule has 3 aliphatic heterocycles. The fourth-order valence-corrected chi connectivity index (χ4v) is 10.9. The molecule has 1 N–H and O–H groups in total. The van der Waals surface area contributed by atoms with E-state index in [2.05, 4.69) is 4.98 Å². The van der Waals surface area contributed by atoms with E-state index in [4.69, 9.17) is 9.47 Å². The Hall–Kier alpha value is -3.41. The predicted octanol–water partition coefficient (Wildman–Crippen LogP) is 3.35. The summed E-state index contributed by atoms with van der Waals surface area (Å²) in [5, 5.41) is 1.02. The second-order valence-corrected chi connectivity index (χ2v) is 13.9. The molecule has 1 aromatic heterocycles. The number of aromatic nitrogens is 1. The van der Waals surface area contributed by atoms with E-state index in [-0.39, 0.29) is 70.0 Å². The number of benzene rings is 2. The highest BCUT2D eigenvalue weighted by Gasteiger charge is 2.69. The molecule has 3 amide bonds. The van der Waals surface area contributed by atoms with Crippen molar-refractivity contribution in [3.8, 4) is 5.75 Å². The van der Waals surface area contributed by atoms with Gasteiger partial charge in [-0.05, 0) is 54.0 Å². The fourth-order valence-electron chi connectivity index (χ4n) is 8.04. The zero-order valence-corrected chi connectivity index (χ0v) is 24.3. The summed E-state index contributed by atoms with van der Waals surface area (Å²) >= 11 is 2.93. The van der Waals surface area contributed by atoms with E-state index < -0.39 is 0 Å². The summed E-state index contributed by atoms with van der Waals surface area (Å²) < 4.78 is 11.2. The molecule has 8 rings (SSSR count). The summed E-state index contributed by atoms with van der Waals surface area (Å²) in [6, 6.07) is 17.0. The van der Waals surface area contributed by atoms with Crippen molar-refractivity contribution in [2.45, 2.75) is 22.6 Å². The van der Waals surface area contributed by atoms with Crippen LogP contribution in [0.25, 0.3) is 0 Å².